The number of hydrogen-bond donors (Lipinski definition) is 1. The van der Waals surface area contributed by atoms with Crippen molar-refractivity contribution in [1.82, 2.24) is 15.3 Å². The number of oxazole rings is 2. The minimum absolute atomic E-state index is 0.0847. The van der Waals surface area contributed by atoms with Crippen LogP contribution in [0.25, 0.3) is 38.9 Å². The van der Waals surface area contributed by atoms with Gasteiger partial charge in [0.25, 0.3) is 0 Å². The van der Waals surface area contributed by atoms with Gasteiger partial charge in [-0.05, 0) is 53.6 Å². The Labute approximate surface area is 201 Å². The van der Waals surface area contributed by atoms with E-state index in [4.69, 9.17) is 18.8 Å². The van der Waals surface area contributed by atoms with Crippen molar-refractivity contribution in [1.29, 1.82) is 0 Å². The van der Waals surface area contributed by atoms with Crippen molar-refractivity contribution in [2.45, 2.75) is 65.8 Å². The fourth-order valence-electron chi connectivity index (χ4n) is 4.10. The summed E-state index contributed by atoms with van der Waals surface area (Å²) in [5.74, 6) is 1.41. The molecule has 4 aromatic rings. The van der Waals surface area contributed by atoms with Crippen molar-refractivity contribution >= 4 is 27.8 Å². The Hall–Kier alpha value is -3.34. The van der Waals surface area contributed by atoms with E-state index in [1.165, 1.54) is 0 Å². The fourth-order valence-corrected chi connectivity index (χ4v) is 4.10. The van der Waals surface area contributed by atoms with E-state index in [0.29, 0.717) is 11.9 Å². The monoisotopic (exact) mass is 455 g/mol. The first kappa shape index (κ1) is 22.5. The lowest BCUT2D eigenvalue weighted by Crippen LogP contribution is -2.38. The Morgan fingerprint density at radius 1 is 0.853 bits per heavy atom. The Morgan fingerprint density at radius 2 is 1.50 bits per heavy atom. The standard InChI is InChI=1S/C29H33N3O2/c1-7-28(3,4)25-14-11-20(17-30-25)26-31-21-15-18(9-12-23(21)33-26)19-10-13-24-22(16-19)32-27(34-24)29(5,6)8-2/h9-17,25,30H,7-8H2,1-6H3. The minimum atomic E-state index is -0.0847. The number of fused-ring (bicyclic) bond motifs is 2. The van der Waals surface area contributed by atoms with Gasteiger partial charge in [0, 0.05) is 17.7 Å². The zero-order valence-corrected chi connectivity index (χ0v) is 20.9. The predicted molar refractivity (Wildman–Crippen MR) is 138 cm³/mol. The highest BCUT2D eigenvalue weighted by molar-refractivity contribution is 5.86. The molecule has 5 nitrogen and oxygen atoms in total. The van der Waals surface area contributed by atoms with Crippen LogP contribution in [0.5, 0.6) is 0 Å². The van der Waals surface area contributed by atoms with Crippen molar-refractivity contribution < 1.29 is 8.83 Å². The average Bonchev–Trinajstić information content (AvgIpc) is 3.48. The molecule has 0 radical (unpaired) electrons. The largest absolute Gasteiger partial charge is 0.440 e. The quantitative estimate of drug-likeness (QED) is 0.324. The first-order valence-electron chi connectivity index (χ1n) is 12.2. The molecule has 0 spiro atoms. The van der Waals surface area contributed by atoms with Gasteiger partial charge in [0.1, 0.15) is 11.0 Å². The Morgan fingerprint density at radius 3 is 2.09 bits per heavy atom. The summed E-state index contributed by atoms with van der Waals surface area (Å²) in [5, 5.41) is 3.51. The molecule has 1 aliphatic heterocycles. The Bertz CT molecular complexity index is 1420. The van der Waals surface area contributed by atoms with E-state index >= 15 is 0 Å². The summed E-state index contributed by atoms with van der Waals surface area (Å²) < 4.78 is 12.1. The number of dihydropyridines is 1. The second-order valence-corrected chi connectivity index (χ2v) is 10.6. The molecular formula is C29H33N3O2. The molecule has 1 aliphatic rings. The van der Waals surface area contributed by atoms with Gasteiger partial charge in [0.2, 0.25) is 11.8 Å². The molecule has 34 heavy (non-hydrogen) atoms. The van der Waals surface area contributed by atoms with E-state index < -0.39 is 0 Å². The third-order valence-corrected chi connectivity index (χ3v) is 7.46. The number of hydrogen-bond acceptors (Lipinski definition) is 5. The molecule has 5 rings (SSSR count). The summed E-state index contributed by atoms with van der Waals surface area (Å²) in [6.07, 6.45) is 8.40. The topological polar surface area (TPSA) is 64.1 Å². The van der Waals surface area contributed by atoms with Crippen LogP contribution in [-0.4, -0.2) is 16.0 Å². The van der Waals surface area contributed by atoms with E-state index in [-0.39, 0.29) is 10.8 Å². The average molecular weight is 456 g/mol. The molecule has 2 aromatic heterocycles. The highest BCUT2D eigenvalue weighted by atomic mass is 16.4. The summed E-state index contributed by atoms with van der Waals surface area (Å²) in [4.78, 5) is 9.55. The van der Waals surface area contributed by atoms with Gasteiger partial charge < -0.3 is 14.2 Å². The van der Waals surface area contributed by atoms with Crippen molar-refractivity contribution in [2.75, 3.05) is 0 Å². The maximum atomic E-state index is 6.07. The van der Waals surface area contributed by atoms with Gasteiger partial charge in [-0.1, -0.05) is 65.8 Å². The normalized spacial score (nSPS) is 16.8. The summed E-state index contributed by atoms with van der Waals surface area (Å²) in [5.41, 5.74) is 6.52. The highest BCUT2D eigenvalue weighted by Crippen LogP contribution is 2.33. The van der Waals surface area contributed by atoms with E-state index in [0.717, 1.165) is 57.6 Å². The number of allylic oxidation sites excluding steroid dienone is 2. The number of benzene rings is 2. The number of nitrogens with zero attached hydrogens (tertiary/aromatic N) is 2. The smallest absolute Gasteiger partial charge is 0.228 e. The maximum absolute atomic E-state index is 6.07. The molecule has 3 heterocycles. The third-order valence-electron chi connectivity index (χ3n) is 7.46. The second kappa shape index (κ2) is 8.15. The molecule has 1 N–H and O–H groups in total. The Balaban J connectivity index is 1.43. The fraction of sp³-hybridized carbons (Fsp3) is 0.379. The SMILES string of the molecule is CCC(C)(C)c1nc2cc(-c3ccc4oc(C5=CNC(C(C)(C)CC)C=C5)nc4c3)ccc2o1. The van der Waals surface area contributed by atoms with Crippen LogP contribution < -0.4 is 5.32 Å². The molecule has 0 saturated carbocycles. The van der Waals surface area contributed by atoms with E-state index in [1.54, 1.807) is 0 Å². The van der Waals surface area contributed by atoms with E-state index in [1.807, 2.05) is 18.3 Å². The molecule has 0 aliphatic carbocycles. The van der Waals surface area contributed by atoms with Gasteiger partial charge in [-0.3, -0.25) is 0 Å². The first-order valence-corrected chi connectivity index (χ1v) is 12.2. The number of rotatable bonds is 6. The van der Waals surface area contributed by atoms with Crippen molar-refractivity contribution in [3.63, 3.8) is 0 Å². The number of nitrogens with one attached hydrogen (secondary N) is 1. The molecule has 0 fully saturated rings. The molecule has 0 bridgehead atoms. The zero-order chi connectivity index (χ0) is 24.1. The van der Waals surface area contributed by atoms with Crippen LogP contribution in [0.1, 0.15) is 66.2 Å². The van der Waals surface area contributed by atoms with Crippen molar-refractivity contribution in [3.05, 3.63) is 66.5 Å². The van der Waals surface area contributed by atoms with Crippen molar-refractivity contribution in [2.24, 2.45) is 5.41 Å². The highest BCUT2D eigenvalue weighted by Gasteiger charge is 2.27. The summed E-state index contributed by atoms with van der Waals surface area (Å²) in [6.45, 7) is 13.2. The third kappa shape index (κ3) is 3.93. The van der Waals surface area contributed by atoms with Gasteiger partial charge in [-0.2, -0.15) is 0 Å². The lowest BCUT2D eigenvalue weighted by Gasteiger charge is -2.33. The first-order chi connectivity index (χ1) is 16.2. The second-order valence-electron chi connectivity index (χ2n) is 10.6. The lowest BCUT2D eigenvalue weighted by molar-refractivity contribution is 0.287. The minimum Gasteiger partial charge on any atom is -0.440 e. The molecule has 0 amide bonds. The van der Waals surface area contributed by atoms with Crippen LogP contribution in [0.2, 0.25) is 0 Å². The van der Waals surface area contributed by atoms with E-state index in [9.17, 15) is 0 Å². The molecule has 5 heteroatoms. The van der Waals surface area contributed by atoms with Crippen LogP contribution in [0.4, 0.5) is 0 Å². The predicted octanol–water partition coefficient (Wildman–Crippen LogP) is 7.63. The van der Waals surface area contributed by atoms with Crippen LogP contribution in [0.15, 0.2) is 63.6 Å². The zero-order valence-electron chi connectivity index (χ0n) is 20.9. The molecule has 1 unspecified atom stereocenters. The van der Waals surface area contributed by atoms with Gasteiger partial charge in [0.15, 0.2) is 11.2 Å². The van der Waals surface area contributed by atoms with Crippen molar-refractivity contribution in [3.8, 4) is 11.1 Å². The van der Waals surface area contributed by atoms with Gasteiger partial charge >= 0.3 is 0 Å². The maximum Gasteiger partial charge on any atom is 0.228 e. The molecule has 0 saturated heterocycles. The molecule has 176 valence electrons. The summed E-state index contributed by atoms with van der Waals surface area (Å²) >= 11 is 0. The van der Waals surface area contributed by atoms with Gasteiger partial charge in [-0.15, -0.1) is 0 Å². The van der Waals surface area contributed by atoms with Crippen LogP contribution in [-0.2, 0) is 5.41 Å². The van der Waals surface area contributed by atoms with Crippen LogP contribution >= 0.6 is 0 Å². The van der Waals surface area contributed by atoms with Gasteiger partial charge in [-0.25, -0.2) is 9.97 Å². The molecular weight excluding hydrogens is 422 g/mol. The van der Waals surface area contributed by atoms with Crippen LogP contribution in [0, 0.1) is 5.41 Å². The van der Waals surface area contributed by atoms with Gasteiger partial charge in [0.05, 0.1) is 5.57 Å². The Kier molecular flexibility index (Phi) is 5.38. The van der Waals surface area contributed by atoms with E-state index in [2.05, 4.69) is 83.3 Å². The lowest BCUT2D eigenvalue weighted by atomic mass is 9.81. The molecule has 2 aromatic carbocycles. The molecule has 1 atom stereocenters. The number of aromatic nitrogens is 2. The van der Waals surface area contributed by atoms with Crippen LogP contribution in [0.3, 0.4) is 0 Å². The summed E-state index contributed by atoms with van der Waals surface area (Å²) in [6, 6.07) is 12.6. The summed E-state index contributed by atoms with van der Waals surface area (Å²) in [7, 11) is 0.